The Bertz CT molecular complexity index is 1320. The van der Waals surface area contributed by atoms with Gasteiger partial charge in [0.05, 0.1) is 5.69 Å². The number of allylic oxidation sites excluding steroid dienone is 2. The lowest BCUT2D eigenvalue weighted by Crippen LogP contribution is -2.46. The van der Waals surface area contributed by atoms with Crippen molar-refractivity contribution in [3.8, 4) is 0 Å². The van der Waals surface area contributed by atoms with Crippen LogP contribution in [0.15, 0.2) is 71.9 Å². The van der Waals surface area contributed by atoms with Gasteiger partial charge in [0.1, 0.15) is 5.82 Å². The van der Waals surface area contributed by atoms with Gasteiger partial charge in [0.2, 0.25) is 0 Å². The molecule has 1 fully saturated rings. The summed E-state index contributed by atoms with van der Waals surface area (Å²) in [5.41, 5.74) is 13.9. The van der Waals surface area contributed by atoms with E-state index in [1.807, 2.05) is 43.5 Å². The Morgan fingerprint density at radius 1 is 0.778 bits per heavy atom. The van der Waals surface area contributed by atoms with Crippen molar-refractivity contribution >= 4 is 28.8 Å². The molecule has 0 radical (unpaired) electrons. The van der Waals surface area contributed by atoms with E-state index in [1.54, 1.807) is 12.1 Å². The largest absolute Gasteiger partial charge is 0.399 e. The first-order chi connectivity index (χ1) is 17.3. The molecule has 0 aromatic heterocycles. The fourth-order valence-electron chi connectivity index (χ4n) is 5.08. The second kappa shape index (κ2) is 9.69. The maximum atomic E-state index is 16.2. The Balaban J connectivity index is 1.49. The zero-order valence-corrected chi connectivity index (χ0v) is 21.1. The zero-order valence-electron chi connectivity index (χ0n) is 21.1. The molecule has 3 aromatic carbocycles. The number of hydrogen-bond donors (Lipinski definition) is 1. The van der Waals surface area contributed by atoms with Gasteiger partial charge >= 0.3 is 0 Å². The molecule has 0 atom stereocenters. The SMILES string of the molecule is C/C1=C(/C)N(C)/C(c2ccc(F)cc2)=C/c2c(ccc(N3CCN(c4ccc(N)cc4)CC3)c2F)C1. The minimum atomic E-state index is -0.289. The van der Waals surface area contributed by atoms with Crippen molar-refractivity contribution in [3.05, 3.63) is 100 Å². The number of halogens is 2. The van der Waals surface area contributed by atoms with Crippen molar-refractivity contribution in [2.45, 2.75) is 20.3 Å². The number of nitrogens with two attached hydrogens (primary N) is 1. The molecule has 0 bridgehead atoms. The number of hydrogen-bond acceptors (Lipinski definition) is 4. The van der Waals surface area contributed by atoms with E-state index in [-0.39, 0.29) is 11.6 Å². The molecule has 2 aliphatic heterocycles. The highest BCUT2D eigenvalue weighted by Crippen LogP contribution is 2.35. The van der Waals surface area contributed by atoms with Crippen molar-refractivity contribution in [1.82, 2.24) is 4.90 Å². The monoisotopic (exact) mass is 486 g/mol. The Labute approximate surface area is 211 Å². The van der Waals surface area contributed by atoms with E-state index >= 15 is 4.39 Å². The molecule has 4 nitrogen and oxygen atoms in total. The van der Waals surface area contributed by atoms with Gasteiger partial charge in [-0.2, -0.15) is 0 Å². The maximum absolute atomic E-state index is 16.2. The van der Waals surface area contributed by atoms with Crippen LogP contribution in [0.25, 0.3) is 11.8 Å². The van der Waals surface area contributed by atoms with Crippen molar-refractivity contribution < 1.29 is 8.78 Å². The second-order valence-electron chi connectivity index (χ2n) is 9.68. The van der Waals surface area contributed by atoms with Crippen LogP contribution in [-0.2, 0) is 6.42 Å². The van der Waals surface area contributed by atoms with Gasteiger partial charge in [-0.15, -0.1) is 0 Å². The first-order valence-electron chi connectivity index (χ1n) is 12.4. The molecule has 0 amide bonds. The van der Waals surface area contributed by atoms with Gasteiger partial charge in [-0.1, -0.05) is 6.07 Å². The van der Waals surface area contributed by atoms with Crippen molar-refractivity contribution in [2.24, 2.45) is 0 Å². The minimum Gasteiger partial charge on any atom is -0.399 e. The summed E-state index contributed by atoms with van der Waals surface area (Å²) >= 11 is 0. The summed E-state index contributed by atoms with van der Waals surface area (Å²) in [4.78, 5) is 6.51. The molecule has 0 saturated carbocycles. The number of nitrogens with zero attached hydrogens (tertiary/aromatic N) is 3. The first-order valence-corrected chi connectivity index (χ1v) is 12.4. The zero-order chi connectivity index (χ0) is 25.4. The molecule has 2 heterocycles. The summed E-state index contributed by atoms with van der Waals surface area (Å²) < 4.78 is 29.8. The Hall–Kier alpha value is -3.80. The molecular formula is C30H32F2N4. The van der Waals surface area contributed by atoms with Crippen LogP contribution in [0.5, 0.6) is 0 Å². The molecule has 5 rings (SSSR count). The smallest absolute Gasteiger partial charge is 0.154 e. The van der Waals surface area contributed by atoms with Crippen LogP contribution in [0.1, 0.15) is 30.5 Å². The number of nitrogen functional groups attached to an aromatic ring is 1. The van der Waals surface area contributed by atoms with E-state index in [9.17, 15) is 4.39 Å². The summed E-state index contributed by atoms with van der Waals surface area (Å²) in [5.74, 6) is -0.489. The number of piperazine rings is 1. The summed E-state index contributed by atoms with van der Waals surface area (Å²) in [6, 6.07) is 18.3. The molecule has 186 valence electrons. The molecule has 1 saturated heterocycles. The van der Waals surface area contributed by atoms with Crippen LogP contribution in [0.4, 0.5) is 25.8 Å². The minimum absolute atomic E-state index is 0.200. The summed E-state index contributed by atoms with van der Waals surface area (Å²) in [6.45, 7) is 7.23. The lowest BCUT2D eigenvalue weighted by molar-refractivity contribution is 0.579. The van der Waals surface area contributed by atoms with Gasteiger partial charge in [-0.05, 0) is 97.6 Å². The van der Waals surface area contributed by atoms with Crippen LogP contribution in [0.3, 0.4) is 0 Å². The van der Waals surface area contributed by atoms with Crippen LogP contribution in [0, 0.1) is 11.6 Å². The van der Waals surface area contributed by atoms with Crippen LogP contribution in [-0.4, -0.2) is 38.1 Å². The highest BCUT2D eigenvalue weighted by atomic mass is 19.1. The van der Waals surface area contributed by atoms with Crippen molar-refractivity contribution in [2.75, 3.05) is 48.8 Å². The molecule has 3 aromatic rings. The molecule has 0 spiro atoms. The first kappa shape index (κ1) is 23.9. The third kappa shape index (κ3) is 4.55. The van der Waals surface area contributed by atoms with E-state index in [2.05, 4.69) is 34.6 Å². The molecule has 0 unspecified atom stereocenters. The van der Waals surface area contributed by atoms with Crippen LogP contribution in [0.2, 0.25) is 0 Å². The molecule has 2 aliphatic rings. The summed E-state index contributed by atoms with van der Waals surface area (Å²) in [5, 5.41) is 0. The fraction of sp³-hybridized carbons (Fsp3) is 0.267. The van der Waals surface area contributed by atoms with Gasteiger partial charge in [-0.3, -0.25) is 0 Å². The number of rotatable bonds is 3. The Morgan fingerprint density at radius 3 is 2.08 bits per heavy atom. The van der Waals surface area contributed by atoms with Gasteiger partial charge in [-0.25, -0.2) is 8.78 Å². The van der Waals surface area contributed by atoms with Crippen molar-refractivity contribution in [1.29, 1.82) is 0 Å². The average molecular weight is 487 g/mol. The van der Waals surface area contributed by atoms with Gasteiger partial charge in [0.25, 0.3) is 0 Å². The van der Waals surface area contributed by atoms with E-state index in [0.29, 0.717) is 17.7 Å². The normalized spacial score (nSPS) is 19.9. The lowest BCUT2D eigenvalue weighted by Gasteiger charge is -2.38. The summed E-state index contributed by atoms with van der Waals surface area (Å²) in [6.07, 6.45) is 2.60. The van der Waals surface area contributed by atoms with E-state index in [4.69, 9.17) is 5.73 Å². The Kier molecular flexibility index (Phi) is 6.44. The highest BCUT2D eigenvalue weighted by Gasteiger charge is 2.24. The predicted molar refractivity (Wildman–Crippen MR) is 146 cm³/mol. The van der Waals surface area contributed by atoms with Crippen LogP contribution >= 0.6 is 0 Å². The molecule has 2 N–H and O–H groups in total. The molecule has 6 heteroatoms. The maximum Gasteiger partial charge on any atom is 0.154 e. The standard InChI is InChI=1S/C30H32F2N4/c1-20-18-23-6-13-28(36-16-14-35(15-17-36)26-11-9-25(33)10-12-26)30(32)27(23)19-29(34(3)21(20)2)22-4-7-24(31)8-5-22/h4-13,19H,14-18,33H2,1-3H3/b21-20+,29-19+. The van der Waals surface area contributed by atoms with Crippen molar-refractivity contribution in [3.63, 3.8) is 0 Å². The van der Waals surface area contributed by atoms with Gasteiger partial charge in [0.15, 0.2) is 5.82 Å². The van der Waals surface area contributed by atoms with E-state index in [0.717, 1.165) is 60.1 Å². The highest BCUT2D eigenvalue weighted by molar-refractivity contribution is 5.84. The number of fused-ring (bicyclic) bond motifs is 1. The quantitative estimate of drug-likeness (QED) is 0.450. The molecular weight excluding hydrogens is 454 g/mol. The van der Waals surface area contributed by atoms with Gasteiger partial charge in [0, 0.05) is 61.6 Å². The van der Waals surface area contributed by atoms with Gasteiger partial charge < -0.3 is 20.4 Å². The lowest BCUT2D eigenvalue weighted by atomic mass is 9.93. The third-order valence-corrected chi connectivity index (χ3v) is 7.49. The fourth-order valence-corrected chi connectivity index (χ4v) is 5.08. The summed E-state index contributed by atoms with van der Waals surface area (Å²) in [7, 11) is 1.98. The average Bonchev–Trinajstić information content (AvgIpc) is 2.88. The number of anilines is 3. The topological polar surface area (TPSA) is 35.7 Å². The Morgan fingerprint density at radius 2 is 1.42 bits per heavy atom. The van der Waals surface area contributed by atoms with Crippen LogP contribution < -0.4 is 15.5 Å². The number of benzene rings is 3. The molecule has 0 aliphatic carbocycles. The van der Waals surface area contributed by atoms with E-state index in [1.165, 1.54) is 17.7 Å². The third-order valence-electron chi connectivity index (χ3n) is 7.49. The molecule has 36 heavy (non-hydrogen) atoms. The second-order valence-corrected chi connectivity index (χ2v) is 9.68. The van der Waals surface area contributed by atoms with E-state index < -0.39 is 0 Å². The predicted octanol–water partition coefficient (Wildman–Crippen LogP) is 6.15.